The highest BCUT2D eigenvalue weighted by Gasteiger charge is 2.17. The summed E-state index contributed by atoms with van der Waals surface area (Å²) in [6, 6.07) is 14.9. The van der Waals surface area contributed by atoms with Crippen molar-refractivity contribution in [3.63, 3.8) is 0 Å². The van der Waals surface area contributed by atoms with Gasteiger partial charge in [-0.05, 0) is 68.5 Å². The molecule has 2 aromatic rings. The molecule has 144 valence electrons. The third kappa shape index (κ3) is 6.26. The first kappa shape index (κ1) is 19.7. The molecule has 2 atom stereocenters. The summed E-state index contributed by atoms with van der Waals surface area (Å²) >= 11 is 5.99. The van der Waals surface area contributed by atoms with E-state index in [1.54, 1.807) is 12.1 Å². The van der Waals surface area contributed by atoms with E-state index >= 15 is 0 Å². The minimum absolute atomic E-state index is 0.0805. The summed E-state index contributed by atoms with van der Waals surface area (Å²) in [6.07, 6.45) is 4.54. The zero-order valence-electron chi connectivity index (χ0n) is 15.6. The number of ether oxygens (including phenoxy) is 2. The predicted molar refractivity (Wildman–Crippen MR) is 107 cm³/mol. The largest absolute Gasteiger partial charge is 0.489 e. The van der Waals surface area contributed by atoms with E-state index in [1.807, 2.05) is 43.3 Å². The molecule has 0 saturated carbocycles. The van der Waals surface area contributed by atoms with Crippen LogP contribution in [0, 0.1) is 0 Å². The maximum Gasteiger partial charge on any atom is 0.251 e. The Labute approximate surface area is 165 Å². The van der Waals surface area contributed by atoms with Crippen LogP contribution in [0.5, 0.6) is 5.75 Å². The van der Waals surface area contributed by atoms with E-state index < -0.39 is 0 Å². The number of halogens is 1. The second-order valence-corrected chi connectivity index (χ2v) is 7.47. The molecule has 3 rings (SSSR count). The van der Waals surface area contributed by atoms with Gasteiger partial charge in [-0.15, -0.1) is 0 Å². The first-order chi connectivity index (χ1) is 13.1. The second-order valence-electron chi connectivity index (χ2n) is 7.03. The van der Waals surface area contributed by atoms with Gasteiger partial charge < -0.3 is 14.8 Å². The first-order valence-electron chi connectivity index (χ1n) is 9.50. The monoisotopic (exact) mass is 387 g/mol. The minimum Gasteiger partial charge on any atom is -0.489 e. The fraction of sp³-hybridized carbons (Fsp3) is 0.409. The van der Waals surface area contributed by atoms with Crippen molar-refractivity contribution in [2.75, 3.05) is 6.61 Å². The first-order valence-corrected chi connectivity index (χ1v) is 9.88. The zero-order chi connectivity index (χ0) is 19.1. The number of carbonyl (C=O) groups is 1. The van der Waals surface area contributed by atoms with Gasteiger partial charge in [0.2, 0.25) is 0 Å². The molecule has 2 aromatic carbocycles. The Morgan fingerprint density at radius 1 is 1.30 bits per heavy atom. The van der Waals surface area contributed by atoms with Crippen molar-refractivity contribution in [2.24, 2.45) is 0 Å². The van der Waals surface area contributed by atoms with Gasteiger partial charge in [-0.25, -0.2) is 0 Å². The topological polar surface area (TPSA) is 47.6 Å². The SMILES string of the molecule is CC(CCC1CCCO1)NC(=O)c1cccc(OCc2cccc(Cl)c2)c1. The number of hydrogen-bond donors (Lipinski definition) is 1. The summed E-state index contributed by atoms with van der Waals surface area (Å²) in [4.78, 5) is 12.5. The maximum atomic E-state index is 12.5. The number of benzene rings is 2. The van der Waals surface area contributed by atoms with E-state index in [0.717, 1.165) is 37.9 Å². The predicted octanol–water partition coefficient (Wildman–Crippen LogP) is 5.00. The Hall–Kier alpha value is -2.04. The van der Waals surface area contributed by atoms with Crippen LogP contribution in [-0.4, -0.2) is 24.7 Å². The summed E-state index contributed by atoms with van der Waals surface area (Å²) in [7, 11) is 0. The maximum absolute atomic E-state index is 12.5. The van der Waals surface area contributed by atoms with Gasteiger partial charge in [0.05, 0.1) is 6.10 Å². The molecule has 0 radical (unpaired) electrons. The van der Waals surface area contributed by atoms with Crippen molar-refractivity contribution in [3.05, 3.63) is 64.7 Å². The molecule has 2 unspecified atom stereocenters. The number of amides is 1. The fourth-order valence-electron chi connectivity index (χ4n) is 3.21. The van der Waals surface area contributed by atoms with Crippen molar-refractivity contribution in [3.8, 4) is 5.75 Å². The molecule has 5 heteroatoms. The van der Waals surface area contributed by atoms with E-state index in [9.17, 15) is 4.79 Å². The average molecular weight is 388 g/mol. The molecule has 1 N–H and O–H groups in total. The van der Waals surface area contributed by atoms with Gasteiger partial charge in [0.1, 0.15) is 12.4 Å². The smallest absolute Gasteiger partial charge is 0.251 e. The number of carbonyl (C=O) groups excluding carboxylic acids is 1. The molecular formula is C22H26ClNO3. The molecular weight excluding hydrogens is 362 g/mol. The lowest BCUT2D eigenvalue weighted by Crippen LogP contribution is -2.33. The molecule has 0 aliphatic carbocycles. The summed E-state index contributed by atoms with van der Waals surface area (Å²) < 4.78 is 11.4. The van der Waals surface area contributed by atoms with Crippen molar-refractivity contribution in [2.45, 2.75) is 51.4 Å². The van der Waals surface area contributed by atoms with Crippen molar-refractivity contribution in [1.29, 1.82) is 0 Å². The Kier molecular flexibility index (Phi) is 7.13. The quantitative estimate of drug-likeness (QED) is 0.693. The third-order valence-electron chi connectivity index (χ3n) is 4.71. The second kappa shape index (κ2) is 9.77. The lowest BCUT2D eigenvalue weighted by atomic mass is 10.1. The molecule has 1 aliphatic heterocycles. The lowest BCUT2D eigenvalue weighted by molar-refractivity contribution is 0.0899. The van der Waals surface area contributed by atoms with Crippen LogP contribution >= 0.6 is 11.6 Å². The van der Waals surface area contributed by atoms with Gasteiger partial charge in [-0.2, -0.15) is 0 Å². The Balaban J connectivity index is 1.50. The van der Waals surface area contributed by atoms with Gasteiger partial charge in [-0.1, -0.05) is 29.8 Å². The molecule has 0 spiro atoms. The van der Waals surface area contributed by atoms with Gasteiger partial charge in [0.15, 0.2) is 0 Å². The fourth-order valence-corrected chi connectivity index (χ4v) is 3.42. The van der Waals surface area contributed by atoms with Crippen molar-refractivity contribution < 1.29 is 14.3 Å². The van der Waals surface area contributed by atoms with E-state index in [0.29, 0.717) is 29.0 Å². The van der Waals surface area contributed by atoms with Crippen LogP contribution in [0.1, 0.15) is 48.5 Å². The molecule has 0 aromatic heterocycles. The molecule has 1 saturated heterocycles. The van der Waals surface area contributed by atoms with Crippen LogP contribution in [0.25, 0.3) is 0 Å². The van der Waals surface area contributed by atoms with Crippen LogP contribution < -0.4 is 10.1 Å². The number of nitrogens with one attached hydrogen (secondary N) is 1. The van der Waals surface area contributed by atoms with Crippen LogP contribution in [0.2, 0.25) is 5.02 Å². The summed E-state index contributed by atoms with van der Waals surface area (Å²) in [5.41, 5.74) is 1.59. The van der Waals surface area contributed by atoms with E-state index in [-0.39, 0.29) is 11.9 Å². The number of hydrogen-bond acceptors (Lipinski definition) is 3. The summed E-state index contributed by atoms with van der Waals surface area (Å²) in [5, 5.41) is 3.74. The van der Waals surface area contributed by atoms with Gasteiger partial charge >= 0.3 is 0 Å². The third-order valence-corrected chi connectivity index (χ3v) is 4.95. The van der Waals surface area contributed by atoms with Crippen LogP contribution in [0.4, 0.5) is 0 Å². The molecule has 1 fully saturated rings. The standard InChI is InChI=1S/C22H26ClNO3/c1-16(10-11-20-9-4-12-26-20)24-22(25)18-6-3-8-21(14-18)27-15-17-5-2-7-19(23)13-17/h2-3,5-8,13-14,16,20H,4,9-12,15H2,1H3,(H,24,25). The van der Waals surface area contributed by atoms with Crippen LogP contribution in [0.15, 0.2) is 48.5 Å². The van der Waals surface area contributed by atoms with E-state index in [4.69, 9.17) is 21.1 Å². The molecule has 1 amide bonds. The zero-order valence-corrected chi connectivity index (χ0v) is 16.4. The van der Waals surface area contributed by atoms with E-state index in [1.165, 1.54) is 0 Å². The van der Waals surface area contributed by atoms with E-state index in [2.05, 4.69) is 5.32 Å². The Morgan fingerprint density at radius 2 is 2.15 bits per heavy atom. The normalized spacial score (nSPS) is 17.5. The van der Waals surface area contributed by atoms with Gasteiger partial charge in [-0.3, -0.25) is 4.79 Å². The minimum atomic E-state index is -0.0805. The highest BCUT2D eigenvalue weighted by Crippen LogP contribution is 2.19. The highest BCUT2D eigenvalue weighted by molar-refractivity contribution is 6.30. The Bertz CT molecular complexity index is 759. The molecule has 0 bridgehead atoms. The number of rotatable bonds is 8. The molecule has 4 nitrogen and oxygen atoms in total. The Morgan fingerprint density at radius 3 is 2.93 bits per heavy atom. The van der Waals surface area contributed by atoms with Gasteiger partial charge in [0.25, 0.3) is 5.91 Å². The summed E-state index contributed by atoms with van der Waals surface area (Å²) in [5.74, 6) is 0.581. The van der Waals surface area contributed by atoms with Gasteiger partial charge in [0, 0.05) is 23.2 Å². The average Bonchev–Trinajstić information content (AvgIpc) is 3.19. The van der Waals surface area contributed by atoms with Crippen LogP contribution in [0.3, 0.4) is 0 Å². The molecule has 1 aliphatic rings. The van der Waals surface area contributed by atoms with Crippen molar-refractivity contribution in [1.82, 2.24) is 5.32 Å². The lowest BCUT2D eigenvalue weighted by Gasteiger charge is -2.16. The molecule has 1 heterocycles. The highest BCUT2D eigenvalue weighted by atomic mass is 35.5. The van der Waals surface area contributed by atoms with Crippen LogP contribution in [-0.2, 0) is 11.3 Å². The molecule has 27 heavy (non-hydrogen) atoms. The summed E-state index contributed by atoms with van der Waals surface area (Å²) in [6.45, 7) is 3.31. The van der Waals surface area contributed by atoms with Crippen molar-refractivity contribution >= 4 is 17.5 Å².